The molecular formula is C24H27N5OS. The Morgan fingerprint density at radius 3 is 2.71 bits per heavy atom. The van der Waals surface area contributed by atoms with Crippen molar-refractivity contribution in [3.63, 3.8) is 0 Å². The Hall–Kier alpha value is -2.54. The molecule has 4 heterocycles. The number of aromatic nitrogens is 4. The molecule has 2 atom stereocenters. The van der Waals surface area contributed by atoms with Crippen LogP contribution in [0.5, 0.6) is 0 Å². The number of hydrogen-bond donors (Lipinski definition) is 0. The van der Waals surface area contributed by atoms with Crippen molar-refractivity contribution in [1.29, 1.82) is 0 Å². The molecule has 0 saturated heterocycles. The van der Waals surface area contributed by atoms with Crippen LogP contribution in [0.3, 0.4) is 0 Å². The van der Waals surface area contributed by atoms with Crippen molar-refractivity contribution in [2.24, 2.45) is 5.92 Å². The number of thiophene rings is 1. The predicted octanol–water partition coefficient (Wildman–Crippen LogP) is 5.28. The Kier molecular flexibility index (Phi) is 4.67. The standard InChI is InChI=1S/C24H27N5OS/c30-22(20-11-7-15-31-20)28-19-10-3-2-9-18(19)24(12-4-1-5-13-24)29-23(28)26-21(27-29)17-8-6-14-25-16-17/h6-8,11,14-16,18-19H,1-5,9-10,12-13H2/t18-,19+/m1/s1. The Morgan fingerprint density at radius 1 is 1.06 bits per heavy atom. The lowest BCUT2D eigenvalue weighted by atomic mass is 9.64. The van der Waals surface area contributed by atoms with Crippen molar-refractivity contribution in [3.05, 3.63) is 46.9 Å². The number of anilines is 1. The van der Waals surface area contributed by atoms with Crippen LogP contribution in [0.1, 0.15) is 67.5 Å². The number of nitrogens with zero attached hydrogens (tertiary/aromatic N) is 5. The quantitative estimate of drug-likeness (QED) is 0.551. The second kappa shape index (κ2) is 7.55. The number of pyridine rings is 1. The number of rotatable bonds is 2. The van der Waals surface area contributed by atoms with E-state index in [1.165, 1.54) is 49.9 Å². The van der Waals surface area contributed by atoms with Crippen LogP contribution >= 0.6 is 11.3 Å². The summed E-state index contributed by atoms with van der Waals surface area (Å²) in [7, 11) is 0. The van der Waals surface area contributed by atoms with E-state index in [4.69, 9.17) is 10.1 Å². The van der Waals surface area contributed by atoms with Gasteiger partial charge >= 0.3 is 0 Å². The highest BCUT2D eigenvalue weighted by Gasteiger charge is 2.55. The Bertz CT molecular complexity index is 1070. The summed E-state index contributed by atoms with van der Waals surface area (Å²) < 4.78 is 2.17. The zero-order chi connectivity index (χ0) is 20.8. The minimum absolute atomic E-state index is 0.0155. The molecule has 160 valence electrons. The van der Waals surface area contributed by atoms with Crippen LogP contribution in [0, 0.1) is 5.92 Å². The third kappa shape index (κ3) is 2.97. The van der Waals surface area contributed by atoms with Crippen LogP contribution < -0.4 is 4.90 Å². The highest BCUT2D eigenvalue weighted by Crippen LogP contribution is 2.53. The van der Waals surface area contributed by atoms with Crippen molar-refractivity contribution in [2.75, 3.05) is 4.90 Å². The molecule has 0 radical (unpaired) electrons. The SMILES string of the molecule is O=C(c1cccs1)N1c2nc(-c3cccnc3)nn2C2(CCCCC2)[C@@H]2CCCC[C@@H]21. The molecule has 31 heavy (non-hydrogen) atoms. The summed E-state index contributed by atoms with van der Waals surface area (Å²) in [6, 6.07) is 8.01. The van der Waals surface area contributed by atoms with E-state index in [1.54, 1.807) is 6.20 Å². The molecule has 0 unspecified atom stereocenters. The molecule has 0 aromatic carbocycles. The Morgan fingerprint density at radius 2 is 1.94 bits per heavy atom. The van der Waals surface area contributed by atoms with Gasteiger partial charge in [-0.1, -0.05) is 38.2 Å². The van der Waals surface area contributed by atoms with Gasteiger partial charge in [0, 0.05) is 29.9 Å². The molecule has 2 aliphatic carbocycles. The molecule has 3 aromatic rings. The number of carbonyl (C=O) groups excluding carboxylic acids is 1. The fourth-order valence-electron chi connectivity index (χ4n) is 6.24. The van der Waals surface area contributed by atoms with Gasteiger partial charge in [-0.2, -0.15) is 4.98 Å². The van der Waals surface area contributed by atoms with Gasteiger partial charge < -0.3 is 0 Å². The number of hydrogen-bond acceptors (Lipinski definition) is 5. The molecule has 0 N–H and O–H groups in total. The molecule has 2 saturated carbocycles. The van der Waals surface area contributed by atoms with Gasteiger partial charge in [-0.05, 0) is 49.3 Å². The second-order valence-electron chi connectivity index (χ2n) is 9.16. The summed E-state index contributed by atoms with van der Waals surface area (Å²) in [5.41, 5.74) is 0.889. The van der Waals surface area contributed by atoms with Gasteiger partial charge in [0.15, 0.2) is 5.82 Å². The molecule has 3 aliphatic rings. The lowest BCUT2D eigenvalue weighted by Crippen LogP contribution is -2.61. The molecule has 6 rings (SSSR count). The van der Waals surface area contributed by atoms with Gasteiger partial charge in [0.05, 0.1) is 10.4 Å². The predicted molar refractivity (Wildman–Crippen MR) is 121 cm³/mol. The van der Waals surface area contributed by atoms with Crippen LogP contribution in [-0.2, 0) is 5.54 Å². The van der Waals surface area contributed by atoms with Crippen molar-refractivity contribution in [2.45, 2.75) is 69.4 Å². The summed E-state index contributed by atoms with van der Waals surface area (Å²) in [5.74, 6) is 1.93. The first-order valence-electron chi connectivity index (χ1n) is 11.5. The van der Waals surface area contributed by atoms with Gasteiger partial charge in [-0.3, -0.25) is 14.7 Å². The van der Waals surface area contributed by atoms with Gasteiger partial charge in [-0.15, -0.1) is 16.4 Å². The minimum Gasteiger partial charge on any atom is -0.273 e. The molecule has 0 bridgehead atoms. The number of fused-ring (bicyclic) bond motifs is 4. The lowest BCUT2D eigenvalue weighted by Gasteiger charge is -2.55. The summed E-state index contributed by atoms with van der Waals surface area (Å²) in [5, 5.41) is 7.05. The molecular weight excluding hydrogens is 406 g/mol. The van der Waals surface area contributed by atoms with Crippen LogP contribution in [0.2, 0.25) is 0 Å². The second-order valence-corrected chi connectivity index (χ2v) is 10.1. The van der Waals surface area contributed by atoms with Crippen molar-refractivity contribution in [1.82, 2.24) is 19.7 Å². The number of amides is 1. The van der Waals surface area contributed by atoms with Gasteiger partial charge in [-0.25, -0.2) is 4.68 Å². The van der Waals surface area contributed by atoms with E-state index in [1.807, 2.05) is 40.7 Å². The van der Waals surface area contributed by atoms with E-state index in [2.05, 4.69) is 9.67 Å². The summed E-state index contributed by atoms with van der Waals surface area (Å²) >= 11 is 1.51. The molecule has 1 spiro atoms. The van der Waals surface area contributed by atoms with Crippen molar-refractivity contribution >= 4 is 23.2 Å². The van der Waals surface area contributed by atoms with Crippen LogP contribution in [0.25, 0.3) is 11.4 Å². The molecule has 1 aliphatic heterocycles. The molecule has 6 nitrogen and oxygen atoms in total. The zero-order valence-electron chi connectivity index (χ0n) is 17.6. The third-order valence-electron chi connectivity index (χ3n) is 7.57. The summed E-state index contributed by atoms with van der Waals surface area (Å²) in [4.78, 5) is 25.8. The first-order valence-corrected chi connectivity index (χ1v) is 12.4. The fourth-order valence-corrected chi connectivity index (χ4v) is 6.90. The van der Waals surface area contributed by atoms with Crippen molar-refractivity contribution < 1.29 is 4.79 Å². The van der Waals surface area contributed by atoms with Crippen LogP contribution in [-0.4, -0.2) is 31.7 Å². The Balaban J connectivity index is 1.55. The monoisotopic (exact) mass is 433 g/mol. The first kappa shape index (κ1) is 19.2. The smallest absolute Gasteiger partial charge is 0.270 e. The maximum absolute atomic E-state index is 13.7. The van der Waals surface area contributed by atoms with Gasteiger partial charge in [0.2, 0.25) is 5.95 Å². The van der Waals surface area contributed by atoms with E-state index in [0.29, 0.717) is 11.7 Å². The average Bonchev–Trinajstić information content (AvgIpc) is 3.52. The normalized spacial score (nSPS) is 24.6. The summed E-state index contributed by atoms with van der Waals surface area (Å²) in [6.07, 6.45) is 14.2. The summed E-state index contributed by atoms with van der Waals surface area (Å²) in [6.45, 7) is 0. The molecule has 1 amide bonds. The minimum atomic E-state index is -0.0155. The van der Waals surface area contributed by atoms with Crippen molar-refractivity contribution in [3.8, 4) is 11.4 Å². The van der Waals surface area contributed by atoms with E-state index < -0.39 is 0 Å². The first-order chi connectivity index (χ1) is 15.3. The average molecular weight is 434 g/mol. The third-order valence-corrected chi connectivity index (χ3v) is 8.43. The van der Waals surface area contributed by atoms with E-state index >= 15 is 0 Å². The van der Waals surface area contributed by atoms with Gasteiger partial charge in [0.25, 0.3) is 5.91 Å². The maximum Gasteiger partial charge on any atom is 0.270 e. The highest BCUT2D eigenvalue weighted by molar-refractivity contribution is 7.12. The molecule has 2 fully saturated rings. The molecule has 7 heteroatoms. The van der Waals surface area contributed by atoms with Crippen LogP contribution in [0.15, 0.2) is 42.0 Å². The fraction of sp³-hybridized carbons (Fsp3) is 0.500. The zero-order valence-corrected chi connectivity index (χ0v) is 18.4. The highest BCUT2D eigenvalue weighted by atomic mass is 32.1. The van der Waals surface area contributed by atoms with E-state index in [-0.39, 0.29) is 17.5 Å². The Labute approximate surface area is 186 Å². The topological polar surface area (TPSA) is 63.9 Å². The van der Waals surface area contributed by atoms with Gasteiger partial charge in [0.1, 0.15) is 0 Å². The van der Waals surface area contributed by atoms with Crippen LogP contribution in [0.4, 0.5) is 5.95 Å². The van der Waals surface area contributed by atoms with E-state index in [9.17, 15) is 4.79 Å². The lowest BCUT2D eigenvalue weighted by molar-refractivity contribution is 0.0315. The molecule has 3 aromatic heterocycles. The maximum atomic E-state index is 13.7. The largest absolute Gasteiger partial charge is 0.273 e. The van der Waals surface area contributed by atoms with E-state index in [0.717, 1.165) is 35.7 Å². The number of carbonyl (C=O) groups is 1.